The van der Waals surface area contributed by atoms with Crippen LogP contribution in [0.25, 0.3) is 0 Å². The van der Waals surface area contributed by atoms with Gasteiger partial charge in [-0.3, -0.25) is 14.2 Å². The van der Waals surface area contributed by atoms with Gasteiger partial charge in [-0.15, -0.1) is 0 Å². The van der Waals surface area contributed by atoms with Crippen LogP contribution in [-0.2, 0) is 11.3 Å². The van der Waals surface area contributed by atoms with Crippen LogP contribution in [0.2, 0.25) is 5.02 Å². The van der Waals surface area contributed by atoms with Gasteiger partial charge in [-0.05, 0) is 49.7 Å². The molecule has 0 spiro atoms. The van der Waals surface area contributed by atoms with E-state index < -0.39 is 17.3 Å². The summed E-state index contributed by atoms with van der Waals surface area (Å²) >= 11 is 5.97. The standard InChI is InChI=1S/C20H18ClFN4O2/c1-12-6-7-14(21)9-17(12)25-18(27)11-26-19(28)8-13(2)23-20(26)24-16-5-3-4-15(22)10-16/h3-10H,11H2,1-2H3,(H,23,24)(H,25,27). The van der Waals surface area contributed by atoms with E-state index in [0.717, 1.165) is 5.56 Å². The molecule has 0 aliphatic rings. The average molecular weight is 401 g/mol. The van der Waals surface area contributed by atoms with Crippen molar-refractivity contribution in [3.05, 3.63) is 81.0 Å². The van der Waals surface area contributed by atoms with Crippen molar-refractivity contribution in [1.82, 2.24) is 9.55 Å². The maximum Gasteiger partial charge on any atom is 0.255 e. The Morgan fingerprint density at radius 3 is 2.71 bits per heavy atom. The zero-order chi connectivity index (χ0) is 20.3. The molecule has 0 aliphatic carbocycles. The van der Waals surface area contributed by atoms with Gasteiger partial charge in [0.05, 0.1) is 0 Å². The van der Waals surface area contributed by atoms with E-state index in [2.05, 4.69) is 15.6 Å². The molecule has 0 saturated carbocycles. The van der Waals surface area contributed by atoms with Gasteiger partial charge in [0, 0.05) is 28.2 Å². The Hall–Kier alpha value is -3.19. The Morgan fingerprint density at radius 2 is 1.96 bits per heavy atom. The number of nitrogens with one attached hydrogen (secondary N) is 2. The Bertz CT molecular complexity index is 1100. The first-order valence-corrected chi connectivity index (χ1v) is 8.87. The number of halogens is 2. The lowest BCUT2D eigenvalue weighted by Gasteiger charge is -2.15. The van der Waals surface area contributed by atoms with Crippen LogP contribution in [0.3, 0.4) is 0 Å². The van der Waals surface area contributed by atoms with E-state index in [1.807, 2.05) is 6.92 Å². The molecule has 0 saturated heterocycles. The Kier molecular flexibility index (Phi) is 5.75. The second-order valence-corrected chi connectivity index (χ2v) is 6.72. The molecule has 0 atom stereocenters. The Morgan fingerprint density at radius 1 is 1.18 bits per heavy atom. The topological polar surface area (TPSA) is 76.0 Å². The third-order valence-electron chi connectivity index (χ3n) is 3.99. The summed E-state index contributed by atoms with van der Waals surface area (Å²) in [7, 11) is 0. The molecule has 8 heteroatoms. The number of anilines is 3. The van der Waals surface area contributed by atoms with Crippen LogP contribution in [0.15, 0.2) is 53.3 Å². The summed E-state index contributed by atoms with van der Waals surface area (Å²) in [6, 6.07) is 12.2. The van der Waals surface area contributed by atoms with Gasteiger partial charge in [0.2, 0.25) is 11.9 Å². The number of carbonyl (C=O) groups excluding carboxylic acids is 1. The number of aromatic nitrogens is 2. The maximum atomic E-state index is 13.4. The summed E-state index contributed by atoms with van der Waals surface area (Å²) in [5, 5.41) is 6.13. The monoisotopic (exact) mass is 400 g/mol. The minimum atomic E-state index is -0.430. The summed E-state index contributed by atoms with van der Waals surface area (Å²) in [5.74, 6) is -0.699. The highest BCUT2D eigenvalue weighted by atomic mass is 35.5. The van der Waals surface area contributed by atoms with Crippen LogP contribution in [0, 0.1) is 19.7 Å². The summed E-state index contributed by atoms with van der Waals surface area (Å²) in [6.45, 7) is 3.23. The maximum absolute atomic E-state index is 13.4. The minimum absolute atomic E-state index is 0.147. The molecule has 2 N–H and O–H groups in total. The normalized spacial score (nSPS) is 10.6. The fraction of sp³-hybridized carbons (Fsp3) is 0.150. The molecule has 144 valence electrons. The predicted molar refractivity (Wildman–Crippen MR) is 108 cm³/mol. The molecule has 28 heavy (non-hydrogen) atoms. The fourth-order valence-corrected chi connectivity index (χ4v) is 2.80. The van der Waals surface area contributed by atoms with Crippen LogP contribution in [-0.4, -0.2) is 15.5 Å². The van der Waals surface area contributed by atoms with E-state index in [-0.39, 0.29) is 12.5 Å². The number of rotatable bonds is 5. The highest BCUT2D eigenvalue weighted by Gasteiger charge is 2.13. The third kappa shape index (κ3) is 4.75. The zero-order valence-corrected chi connectivity index (χ0v) is 16.0. The summed E-state index contributed by atoms with van der Waals surface area (Å²) in [6.07, 6.45) is 0. The molecule has 1 amide bonds. The lowest BCUT2D eigenvalue weighted by Crippen LogP contribution is -2.30. The van der Waals surface area contributed by atoms with E-state index in [9.17, 15) is 14.0 Å². The highest BCUT2D eigenvalue weighted by Crippen LogP contribution is 2.20. The molecule has 0 aliphatic heterocycles. The second-order valence-electron chi connectivity index (χ2n) is 6.29. The lowest BCUT2D eigenvalue weighted by molar-refractivity contribution is -0.116. The molecular weight excluding hydrogens is 383 g/mol. The average Bonchev–Trinajstić information content (AvgIpc) is 2.61. The van der Waals surface area contributed by atoms with Gasteiger partial charge < -0.3 is 10.6 Å². The summed E-state index contributed by atoms with van der Waals surface area (Å²) in [4.78, 5) is 29.2. The van der Waals surface area contributed by atoms with Crippen molar-refractivity contribution < 1.29 is 9.18 Å². The van der Waals surface area contributed by atoms with E-state index in [0.29, 0.717) is 22.1 Å². The van der Waals surface area contributed by atoms with Crippen LogP contribution >= 0.6 is 11.6 Å². The molecule has 3 aromatic rings. The minimum Gasteiger partial charge on any atom is -0.325 e. The van der Waals surface area contributed by atoms with Crippen LogP contribution in [0.1, 0.15) is 11.3 Å². The number of aryl methyl sites for hydroxylation is 2. The Labute approximate surface area is 166 Å². The first kappa shape index (κ1) is 19.6. The first-order chi connectivity index (χ1) is 13.3. The molecule has 3 rings (SSSR count). The van der Waals surface area contributed by atoms with E-state index in [1.165, 1.54) is 28.8 Å². The first-order valence-electron chi connectivity index (χ1n) is 8.49. The summed E-state index contributed by atoms with van der Waals surface area (Å²) in [5.41, 5.74) is 1.89. The van der Waals surface area contributed by atoms with Crippen LogP contribution < -0.4 is 16.2 Å². The van der Waals surface area contributed by atoms with Crippen LogP contribution in [0.4, 0.5) is 21.7 Å². The van der Waals surface area contributed by atoms with Gasteiger partial charge in [-0.2, -0.15) is 0 Å². The molecule has 0 bridgehead atoms. The largest absolute Gasteiger partial charge is 0.325 e. The van der Waals surface area contributed by atoms with Crippen molar-refractivity contribution >= 4 is 34.8 Å². The van der Waals surface area contributed by atoms with Gasteiger partial charge in [0.25, 0.3) is 5.56 Å². The van der Waals surface area contributed by atoms with Gasteiger partial charge in [0.15, 0.2) is 0 Å². The van der Waals surface area contributed by atoms with Crippen molar-refractivity contribution in [2.45, 2.75) is 20.4 Å². The molecule has 0 fully saturated rings. The molecule has 0 radical (unpaired) electrons. The molecule has 6 nitrogen and oxygen atoms in total. The van der Waals surface area contributed by atoms with Gasteiger partial charge in [-0.25, -0.2) is 9.37 Å². The van der Waals surface area contributed by atoms with Crippen molar-refractivity contribution in [3.8, 4) is 0 Å². The zero-order valence-electron chi connectivity index (χ0n) is 15.3. The molecular formula is C20H18ClFN4O2. The van der Waals surface area contributed by atoms with Crippen molar-refractivity contribution in [1.29, 1.82) is 0 Å². The smallest absolute Gasteiger partial charge is 0.255 e. The number of carbonyl (C=O) groups is 1. The van der Waals surface area contributed by atoms with Crippen molar-refractivity contribution in [2.24, 2.45) is 0 Å². The van der Waals surface area contributed by atoms with Crippen molar-refractivity contribution in [2.75, 3.05) is 10.6 Å². The number of hydrogen-bond donors (Lipinski definition) is 2. The second kappa shape index (κ2) is 8.22. The molecule has 1 heterocycles. The quantitative estimate of drug-likeness (QED) is 0.677. The third-order valence-corrected chi connectivity index (χ3v) is 4.23. The number of nitrogens with zero attached hydrogens (tertiary/aromatic N) is 2. The van der Waals surface area contributed by atoms with E-state index in [1.54, 1.807) is 31.2 Å². The number of amides is 1. The SMILES string of the molecule is Cc1cc(=O)n(CC(=O)Nc2cc(Cl)ccc2C)c(Nc2cccc(F)c2)n1. The number of benzene rings is 2. The Balaban J connectivity index is 1.87. The van der Waals surface area contributed by atoms with Gasteiger partial charge in [0.1, 0.15) is 12.4 Å². The van der Waals surface area contributed by atoms with Crippen molar-refractivity contribution in [3.63, 3.8) is 0 Å². The van der Waals surface area contributed by atoms with Gasteiger partial charge in [-0.1, -0.05) is 23.7 Å². The lowest BCUT2D eigenvalue weighted by atomic mass is 10.2. The van der Waals surface area contributed by atoms with Crippen LogP contribution in [0.5, 0.6) is 0 Å². The fourth-order valence-electron chi connectivity index (χ4n) is 2.63. The van der Waals surface area contributed by atoms with E-state index in [4.69, 9.17) is 11.6 Å². The number of hydrogen-bond acceptors (Lipinski definition) is 4. The predicted octanol–water partition coefficient (Wildman–Crippen LogP) is 4.03. The molecule has 2 aromatic carbocycles. The highest BCUT2D eigenvalue weighted by molar-refractivity contribution is 6.31. The van der Waals surface area contributed by atoms with Gasteiger partial charge >= 0.3 is 0 Å². The summed E-state index contributed by atoms with van der Waals surface area (Å²) < 4.78 is 14.6. The molecule has 0 unspecified atom stereocenters. The molecule has 1 aromatic heterocycles. The van der Waals surface area contributed by atoms with E-state index >= 15 is 0 Å².